The Kier molecular flexibility index (Phi) is 2.36. The van der Waals surface area contributed by atoms with Crippen molar-refractivity contribution in [1.82, 2.24) is 10.3 Å². The van der Waals surface area contributed by atoms with Gasteiger partial charge in [-0.1, -0.05) is 0 Å². The standard InChI is InChI=1S/C12H11N3O3/c16-10-4-7-3-9(14-11(17)6-1-2-6)13-5-8(7)12(18)15-10/h3,5-6H,1-2,4H2,(H,13,14,17)(H,15,16,18). The van der Waals surface area contributed by atoms with Gasteiger partial charge in [0.25, 0.3) is 5.91 Å². The summed E-state index contributed by atoms with van der Waals surface area (Å²) in [4.78, 5) is 38.3. The number of nitrogens with one attached hydrogen (secondary N) is 2. The number of fused-ring (bicyclic) bond motifs is 1. The van der Waals surface area contributed by atoms with Crippen LogP contribution in [-0.4, -0.2) is 22.7 Å². The highest BCUT2D eigenvalue weighted by Crippen LogP contribution is 2.30. The molecule has 0 aromatic carbocycles. The van der Waals surface area contributed by atoms with Crippen LogP contribution >= 0.6 is 0 Å². The first kappa shape index (κ1) is 10.9. The molecule has 2 aliphatic rings. The quantitative estimate of drug-likeness (QED) is 0.731. The number of pyridine rings is 1. The first-order chi connectivity index (χ1) is 8.63. The summed E-state index contributed by atoms with van der Waals surface area (Å²) in [6.07, 6.45) is 3.35. The average Bonchev–Trinajstić information content (AvgIpc) is 3.11. The zero-order valence-electron chi connectivity index (χ0n) is 9.53. The molecule has 0 bridgehead atoms. The van der Waals surface area contributed by atoms with Crippen molar-refractivity contribution in [2.24, 2.45) is 5.92 Å². The minimum atomic E-state index is -0.436. The molecule has 92 valence electrons. The highest BCUT2D eigenvalue weighted by Gasteiger charge is 2.30. The van der Waals surface area contributed by atoms with Crippen molar-refractivity contribution in [3.8, 4) is 0 Å². The van der Waals surface area contributed by atoms with Gasteiger partial charge in [-0.15, -0.1) is 0 Å². The van der Waals surface area contributed by atoms with E-state index < -0.39 is 5.91 Å². The lowest BCUT2D eigenvalue weighted by molar-refractivity contribution is -0.120. The zero-order valence-corrected chi connectivity index (χ0v) is 9.53. The number of imide groups is 1. The molecular formula is C12H11N3O3. The molecular weight excluding hydrogens is 234 g/mol. The van der Waals surface area contributed by atoms with Gasteiger partial charge >= 0.3 is 0 Å². The van der Waals surface area contributed by atoms with E-state index in [4.69, 9.17) is 0 Å². The topological polar surface area (TPSA) is 88.2 Å². The smallest absolute Gasteiger partial charge is 0.259 e. The SMILES string of the molecule is O=C1Cc2cc(NC(=O)C3CC3)ncc2C(=O)N1. The van der Waals surface area contributed by atoms with Crippen molar-refractivity contribution >= 4 is 23.5 Å². The van der Waals surface area contributed by atoms with E-state index in [-0.39, 0.29) is 24.2 Å². The largest absolute Gasteiger partial charge is 0.310 e. The second kappa shape index (κ2) is 3.90. The van der Waals surface area contributed by atoms with Gasteiger partial charge in [0.05, 0.1) is 12.0 Å². The zero-order chi connectivity index (χ0) is 12.7. The average molecular weight is 245 g/mol. The van der Waals surface area contributed by atoms with E-state index in [1.54, 1.807) is 6.07 Å². The number of hydrogen-bond donors (Lipinski definition) is 2. The van der Waals surface area contributed by atoms with Crippen LogP contribution in [0, 0.1) is 5.92 Å². The van der Waals surface area contributed by atoms with Crippen LogP contribution < -0.4 is 10.6 Å². The van der Waals surface area contributed by atoms with Crippen LogP contribution in [0.3, 0.4) is 0 Å². The number of aromatic nitrogens is 1. The lowest BCUT2D eigenvalue weighted by Crippen LogP contribution is -2.37. The van der Waals surface area contributed by atoms with E-state index in [9.17, 15) is 14.4 Å². The minimum Gasteiger partial charge on any atom is -0.310 e. The predicted octanol–water partition coefficient (Wildman–Crippen LogP) is 0.243. The molecule has 6 heteroatoms. The highest BCUT2D eigenvalue weighted by molar-refractivity contribution is 6.09. The summed E-state index contributed by atoms with van der Waals surface area (Å²) in [7, 11) is 0. The summed E-state index contributed by atoms with van der Waals surface area (Å²) < 4.78 is 0. The number of carbonyl (C=O) groups excluding carboxylic acids is 3. The van der Waals surface area contributed by atoms with Crippen LogP contribution in [0.25, 0.3) is 0 Å². The van der Waals surface area contributed by atoms with E-state index in [0.29, 0.717) is 16.9 Å². The second-order valence-electron chi connectivity index (χ2n) is 4.54. The monoisotopic (exact) mass is 245 g/mol. The molecule has 1 aromatic heterocycles. The molecule has 0 spiro atoms. The Morgan fingerprint density at radius 2 is 2.17 bits per heavy atom. The van der Waals surface area contributed by atoms with Gasteiger partial charge < -0.3 is 5.32 Å². The van der Waals surface area contributed by atoms with Crippen LogP contribution in [0.15, 0.2) is 12.3 Å². The van der Waals surface area contributed by atoms with Crippen LogP contribution in [0.2, 0.25) is 0 Å². The van der Waals surface area contributed by atoms with Crippen LogP contribution in [0.5, 0.6) is 0 Å². The maximum atomic E-state index is 11.6. The van der Waals surface area contributed by atoms with E-state index in [1.165, 1.54) is 6.20 Å². The number of anilines is 1. The molecule has 3 rings (SSSR count). The lowest BCUT2D eigenvalue weighted by Gasteiger charge is -2.15. The third kappa shape index (κ3) is 1.97. The third-order valence-electron chi connectivity index (χ3n) is 3.04. The molecule has 1 aliphatic carbocycles. The first-order valence-electron chi connectivity index (χ1n) is 5.77. The summed E-state index contributed by atoms with van der Waals surface area (Å²) in [5.41, 5.74) is 0.990. The van der Waals surface area contributed by atoms with Crippen molar-refractivity contribution in [2.75, 3.05) is 5.32 Å². The molecule has 1 saturated carbocycles. The molecule has 3 amide bonds. The lowest BCUT2D eigenvalue weighted by atomic mass is 10.0. The maximum absolute atomic E-state index is 11.6. The van der Waals surface area contributed by atoms with Gasteiger partial charge in [0.2, 0.25) is 11.8 Å². The van der Waals surface area contributed by atoms with Gasteiger partial charge in [-0.2, -0.15) is 0 Å². The normalized spacial score (nSPS) is 18.0. The Bertz CT molecular complexity index is 564. The van der Waals surface area contributed by atoms with Crippen molar-refractivity contribution in [1.29, 1.82) is 0 Å². The van der Waals surface area contributed by atoms with Crippen molar-refractivity contribution in [3.05, 3.63) is 23.4 Å². The van der Waals surface area contributed by atoms with Crippen molar-refractivity contribution in [2.45, 2.75) is 19.3 Å². The molecule has 2 heterocycles. The molecule has 0 unspecified atom stereocenters. The van der Waals surface area contributed by atoms with Gasteiger partial charge in [0.1, 0.15) is 5.82 Å². The summed E-state index contributed by atoms with van der Waals surface area (Å²) in [6, 6.07) is 1.59. The summed E-state index contributed by atoms with van der Waals surface area (Å²) in [5, 5.41) is 4.91. The van der Waals surface area contributed by atoms with Crippen molar-refractivity contribution < 1.29 is 14.4 Å². The number of rotatable bonds is 2. The maximum Gasteiger partial charge on any atom is 0.259 e. The molecule has 1 aromatic rings. The Hall–Kier alpha value is -2.24. The number of hydrogen-bond acceptors (Lipinski definition) is 4. The molecule has 6 nitrogen and oxygen atoms in total. The summed E-state index contributed by atoms with van der Waals surface area (Å²) in [5.74, 6) is -0.332. The Morgan fingerprint density at radius 1 is 1.39 bits per heavy atom. The number of carbonyl (C=O) groups is 3. The van der Waals surface area contributed by atoms with Gasteiger partial charge in [0, 0.05) is 12.1 Å². The van der Waals surface area contributed by atoms with E-state index in [0.717, 1.165) is 12.8 Å². The second-order valence-corrected chi connectivity index (χ2v) is 4.54. The molecule has 18 heavy (non-hydrogen) atoms. The fourth-order valence-electron chi connectivity index (χ4n) is 1.90. The summed E-state index contributed by atoms with van der Waals surface area (Å²) >= 11 is 0. The van der Waals surface area contributed by atoms with E-state index in [1.807, 2.05) is 0 Å². The minimum absolute atomic E-state index is 0.0472. The predicted molar refractivity (Wildman–Crippen MR) is 61.8 cm³/mol. The Balaban J connectivity index is 1.85. The van der Waals surface area contributed by atoms with Crippen LogP contribution in [-0.2, 0) is 16.0 Å². The number of amides is 3. The highest BCUT2D eigenvalue weighted by atomic mass is 16.2. The van der Waals surface area contributed by atoms with Crippen LogP contribution in [0.4, 0.5) is 5.82 Å². The van der Waals surface area contributed by atoms with Crippen molar-refractivity contribution in [3.63, 3.8) is 0 Å². The molecule has 0 atom stereocenters. The molecule has 2 N–H and O–H groups in total. The van der Waals surface area contributed by atoms with E-state index >= 15 is 0 Å². The molecule has 1 aliphatic heterocycles. The van der Waals surface area contributed by atoms with Crippen LogP contribution in [0.1, 0.15) is 28.8 Å². The molecule has 0 radical (unpaired) electrons. The molecule has 1 fully saturated rings. The van der Waals surface area contributed by atoms with E-state index in [2.05, 4.69) is 15.6 Å². The van der Waals surface area contributed by atoms with Gasteiger partial charge in [0.15, 0.2) is 0 Å². The van der Waals surface area contributed by atoms with Gasteiger partial charge in [-0.3, -0.25) is 19.7 Å². The molecule has 0 saturated heterocycles. The number of nitrogens with zero attached hydrogens (tertiary/aromatic N) is 1. The third-order valence-corrected chi connectivity index (χ3v) is 3.04. The fraction of sp³-hybridized carbons (Fsp3) is 0.333. The first-order valence-corrected chi connectivity index (χ1v) is 5.77. The van der Waals surface area contributed by atoms with Gasteiger partial charge in [-0.25, -0.2) is 4.98 Å². The summed E-state index contributed by atoms with van der Waals surface area (Å²) in [6.45, 7) is 0. The Labute approximate surface area is 103 Å². The fourth-order valence-corrected chi connectivity index (χ4v) is 1.90. The van der Waals surface area contributed by atoms with Gasteiger partial charge in [-0.05, 0) is 24.5 Å². The Morgan fingerprint density at radius 3 is 2.89 bits per heavy atom.